The van der Waals surface area contributed by atoms with Gasteiger partial charge in [0.2, 0.25) is 0 Å². The monoisotopic (exact) mass is 506 g/mol. The van der Waals surface area contributed by atoms with E-state index in [9.17, 15) is 18.0 Å². The topological polar surface area (TPSA) is 67.4 Å². The first-order valence-corrected chi connectivity index (χ1v) is 12.1. The van der Waals surface area contributed by atoms with E-state index in [0.717, 1.165) is 66.3 Å². The van der Waals surface area contributed by atoms with E-state index in [1.165, 1.54) is 6.07 Å². The smallest absolute Gasteiger partial charge is 0.378 e. The quantitative estimate of drug-likeness (QED) is 0.485. The Balaban J connectivity index is 1.44. The molecular formula is C28H25F3N4O2. The van der Waals surface area contributed by atoms with Gasteiger partial charge in [0.05, 0.1) is 18.9 Å². The largest absolute Gasteiger partial charge is 0.433 e. The van der Waals surface area contributed by atoms with Crippen molar-refractivity contribution in [3.05, 3.63) is 71.3 Å². The zero-order valence-electron chi connectivity index (χ0n) is 20.2. The van der Waals surface area contributed by atoms with Crippen LogP contribution >= 0.6 is 0 Å². The number of rotatable bonds is 4. The molecule has 9 heteroatoms. The van der Waals surface area contributed by atoms with Crippen LogP contribution in [0, 0.1) is 24.7 Å². The Labute approximate surface area is 212 Å². The van der Waals surface area contributed by atoms with Gasteiger partial charge in [0.25, 0.3) is 5.91 Å². The van der Waals surface area contributed by atoms with E-state index in [4.69, 9.17) is 4.74 Å². The number of aryl methyl sites for hydroxylation is 1. The van der Waals surface area contributed by atoms with E-state index in [1.807, 2.05) is 13.0 Å². The van der Waals surface area contributed by atoms with Gasteiger partial charge in [-0.1, -0.05) is 12.0 Å². The number of morpholine rings is 1. The van der Waals surface area contributed by atoms with Gasteiger partial charge < -0.3 is 15.0 Å². The number of aromatic nitrogens is 2. The van der Waals surface area contributed by atoms with E-state index in [-0.39, 0.29) is 5.56 Å². The zero-order chi connectivity index (χ0) is 26.0. The number of anilines is 2. The number of pyridine rings is 2. The van der Waals surface area contributed by atoms with Crippen LogP contribution in [-0.4, -0.2) is 42.2 Å². The van der Waals surface area contributed by atoms with Crippen LogP contribution in [-0.2, 0) is 10.9 Å². The fourth-order valence-electron chi connectivity index (χ4n) is 4.08. The van der Waals surface area contributed by atoms with Gasteiger partial charge in [-0.15, -0.1) is 0 Å². The molecule has 1 saturated heterocycles. The Kier molecular flexibility index (Phi) is 6.85. The molecule has 2 fully saturated rings. The number of ether oxygens (including phenoxy) is 1. The number of nitrogens with zero attached hydrogens (tertiary/aromatic N) is 3. The normalized spacial score (nSPS) is 15.6. The van der Waals surface area contributed by atoms with Crippen molar-refractivity contribution < 1.29 is 22.7 Å². The maximum Gasteiger partial charge on any atom is 0.433 e. The number of halogens is 3. The Bertz CT molecular complexity index is 1380. The highest BCUT2D eigenvalue weighted by Gasteiger charge is 2.33. The van der Waals surface area contributed by atoms with Gasteiger partial charge in [-0.05, 0) is 67.1 Å². The van der Waals surface area contributed by atoms with Gasteiger partial charge >= 0.3 is 6.18 Å². The lowest BCUT2D eigenvalue weighted by molar-refractivity contribution is -0.141. The van der Waals surface area contributed by atoms with Crippen LogP contribution in [0.5, 0.6) is 0 Å². The van der Waals surface area contributed by atoms with Crippen LogP contribution in [0.2, 0.25) is 0 Å². The Morgan fingerprint density at radius 2 is 1.89 bits per heavy atom. The molecule has 6 nitrogen and oxygen atoms in total. The Hall–Kier alpha value is -3.90. The van der Waals surface area contributed by atoms with Gasteiger partial charge in [0.15, 0.2) is 0 Å². The maximum absolute atomic E-state index is 13.0. The zero-order valence-corrected chi connectivity index (χ0v) is 20.2. The van der Waals surface area contributed by atoms with Crippen molar-refractivity contribution in [1.82, 2.24) is 9.97 Å². The van der Waals surface area contributed by atoms with Crippen LogP contribution in [0.15, 0.2) is 48.8 Å². The van der Waals surface area contributed by atoms with Crippen LogP contribution in [0.4, 0.5) is 24.5 Å². The van der Waals surface area contributed by atoms with Gasteiger partial charge in [-0.2, -0.15) is 13.2 Å². The third kappa shape index (κ3) is 5.92. The van der Waals surface area contributed by atoms with Crippen molar-refractivity contribution in [3.8, 4) is 23.0 Å². The summed E-state index contributed by atoms with van der Waals surface area (Å²) < 4.78 is 44.5. The van der Waals surface area contributed by atoms with Crippen molar-refractivity contribution in [1.29, 1.82) is 0 Å². The molecule has 2 aromatic heterocycles. The lowest BCUT2D eigenvalue weighted by Gasteiger charge is -2.29. The molecule has 3 heterocycles. The molecule has 37 heavy (non-hydrogen) atoms. The molecule has 0 radical (unpaired) electrons. The first kappa shape index (κ1) is 24.8. The van der Waals surface area contributed by atoms with Gasteiger partial charge in [-0.3, -0.25) is 9.78 Å². The average Bonchev–Trinajstić information content (AvgIpc) is 3.73. The summed E-state index contributed by atoms with van der Waals surface area (Å²) in [5.74, 6) is 6.34. The predicted octanol–water partition coefficient (Wildman–Crippen LogP) is 5.32. The van der Waals surface area contributed by atoms with Crippen molar-refractivity contribution in [2.24, 2.45) is 5.92 Å². The maximum atomic E-state index is 13.0. The predicted molar refractivity (Wildman–Crippen MR) is 134 cm³/mol. The average molecular weight is 507 g/mol. The summed E-state index contributed by atoms with van der Waals surface area (Å²) in [7, 11) is 0. The molecule has 1 amide bonds. The molecule has 0 bridgehead atoms. The first-order chi connectivity index (χ1) is 17.8. The lowest BCUT2D eigenvalue weighted by atomic mass is 10.00. The summed E-state index contributed by atoms with van der Waals surface area (Å²) in [5, 5.41) is 2.70. The first-order valence-electron chi connectivity index (χ1n) is 12.1. The number of carbonyl (C=O) groups excluding carboxylic acids is 1. The van der Waals surface area contributed by atoms with Gasteiger partial charge in [0, 0.05) is 48.2 Å². The van der Waals surface area contributed by atoms with Crippen LogP contribution in [0.3, 0.4) is 0 Å². The molecular weight excluding hydrogens is 481 g/mol. The van der Waals surface area contributed by atoms with Gasteiger partial charge in [-0.25, -0.2) is 4.98 Å². The summed E-state index contributed by atoms with van der Waals surface area (Å²) >= 11 is 0. The van der Waals surface area contributed by atoms with E-state index >= 15 is 0 Å². The third-order valence-electron chi connectivity index (χ3n) is 6.31. The van der Waals surface area contributed by atoms with Crippen molar-refractivity contribution in [2.75, 3.05) is 36.5 Å². The fourth-order valence-corrected chi connectivity index (χ4v) is 4.08. The lowest BCUT2D eigenvalue weighted by Crippen LogP contribution is -2.36. The number of amides is 1. The summed E-state index contributed by atoms with van der Waals surface area (Å²) in [6.07, 6.45) is 0.380. The molecule has 1 saturated carbocycles. The highest BCUT2D eigenvalue weighted by Crippen LogP contribution is 2.32. The number of benzene rings is 1. The SMILES string of the molecule is Cc1ccc(NC(=O)c2ccnc(C(F)(F)F)c2)cc1-c1cnc(C#CC2CC2)c(N2CCOCC2)c1. The summed E-state index contributed by atoms with van der Waals surface area (Å²) in [5.41, 5.74) is 3.57. The highest BCUT2D eigenvalue weighted by atomic mass is 19.4. The molecule has 2 aliphatic rings. The summed E-state index contributed by atoms with van der Waals surface area (Å²) in [6, 6.07) is 9.42. The second kappa shape index (κ2) is 10.2. The molecule has 0 spiro atoms. The fraction of sp³-hybridized carbons (Fsp3) is 0.321. The molecule has 190 valence electrons. The molecule has 0 atom stereocenters. The Morgan fingerprint density at radius 3 is 2.62 bits per heavy atom. The highest BCUT2D eigenvalue weighted by molar-refractivity contribution is 6.04. The van der Waals surface area contributed by atoms with E-state index in [0.29, 0.717) is 24.8 Å². The number of hydrogen-bond acceptors (Lipinski definition) is 5. The van der Waals surface area contributed by atoms with Crippen molar-refractivity contribution in [3.63, 3.8) is 0 Å². The minimum Gasteiger partial charge on any atom is -0.378 e. The number of nitrogens with one attached hydrogen (secondary N) is 1. The van der Waals surface area contributed by atoms with Crippen LogP contribution in [0.1, 0.15) is 40.2 Å². The Morgan fingerprint density at radius 1 is 1.11 bits per heavy atom. The molecule has 1 aromatic carbocycles. The van der Waals surface area contributed by atoms with Crippen molar-refractivity contribution in [2.45, 2.75) is 25.9 Å². The number of hydrogen-bond donors (Lipinski definition) is 1. The molecule has 5 rings (SSSR count). The number of alkyl halides is 3. The van der Waals surface area contributed by atoms with E-state index in [2.05, 4.69) is 38.1 Å². The van der Waals surface area contributed by atoms with Gasteiger partial charge in [0.1, 0.15) is 11.4 Å². The van der Waals surface area contributed by atoms with E-state index in [1.54, 1.807) is 18.3 Å². The van der Waals surface area contributed by atoms with Crippen LogP contribution < -0.4 is 10.2 Å². The third-order valence-corrected chi connectivity index (χ3v) is 6.31. The minimum atomic E-state index is -4.63. The molecule has 3 aromatic rings. The molecule has 0 unspecified atom stereocenters. The van der Waals surface area contributed by atoms with Crippen molar-refractivity contribution >= 4 is 17.3 Å². The number of carbonyl (C=O) groups is 1. The standard InChI is InChI=1S/C28H25F3N4O2/c1-18-2-6-22(34-27(36)20-8-9-32-26(15-20)28(29,30)31)16-23(18)21-14-25(35-10-12-37-13-11-35)24(33-17-21)7-5-19-3-4-19/h2,6,8-9,14-17,19H,3-4,10-13H2,1H3,(H,34,36). The summed E-state index contributed by atoms with van der Waals surface area (Å²) in [4.78, 5) is 22.9. The summed E-state index contributed by atoms with van der Waals surface area (Å²) in [6.45, 7) is 4.69. The molecule has 1 aliphatic carbocycles. The molecule has 1 aliphatic heterocycles. The van der Waals surface area contributed by atoms with E-state index < -0.39 is 17.8 Å². The molecule has 1 N–H and O–H groups in total. The second-order valence-corrected chi connectivity index (χ2v) is 9.15. The second-order valence-electron chi connectivity index (χ2n) is 9.15. The van der Waals surface area contributed by atoms with Crippen LogP contribution in [0.25, 0.3) is 11.1 Å². The minimum absolute atomic E-state index is 0.126.